The Hall–Kier alpha value is -1.75. The standard InChI is InChI=1S/C18H28N2O3/c1-18(2,3)23-16-9-5-4-8-15(16)19-17(22)20(14-10-11-14)12-6-7-13-21/h4-5,8-9,14,21H,6-7,10-13H2,1-3H3,(H,19,22). The van der Waals surface area contributed by atoms with Crippen LogP contribution in [0.5, 0.6) is 5.75 Å². The summed E-state index contributed by atoms with van der Waals surface area (Å²) in [6.45, 7) is 6.80. The molecular weight excluding hydrogens is 292 g/mol. The summed E-state index contributed by atoms with van der Waals surface area (Å²) in [6.07, 6.45) is 3.67. The Labute approximate surface area is 138 Å². The highest BCUT2D eigenvalue weighted by Gasteiger charge is 2.32. The average molecular weight is 320 g/mol. The van der Waals surface area contributed by atoms with Crippen LogP contribution in [-0.2, 0) is 0 Å². The van der Waals surface area contributed by atoms with Gasteiger partial charge in [-0.25, -0.2) is 4.79 Å². The Morgan fingerprint density at radius 1 is 1.30 bits per heavy atom. The van der Waals surface area contributed by atoms with Crippen LogP contribution in [0.3, 0.4) is 0 Å². The molecule has 1 fully saturated rings. The second kappa shape index (κ2) is 7.68. The first-order chi connectivity index (χ1) is 10.9. The van der Waals surface area contributed by atoms with E-state index in [2.05, 4.69) is 5.32 Å². The number of aliphatic hydroxyl groups is 1. The van der Waals surface area contributed by atoms with Gasteiger partial charge in [0.15, 0.2) is 0 Å². The summed E-state index contributed by atoms with van der Waals surface area (Å²) < 4.78 is 5.92. The molecule has 0 bridgehead atoms. The third-order valence-electron chi connectivity index (χ3n) is 3.60. The van der Waals surface area contributed by atoms with Gasteiger partial charge in [-0.15, -0.1) is 0 Å². The van der Waals surface area contributed by atoms with E-state index in [1.165, 1.54) is 0 Å². The van der Waals surface area contributed by atoms with Gasteiger partial charge in [0.2, 0.25) is 0 Å². The van der Waals surface area contributed by atoms with Crippen molar-refractivity contribution in [2.45, 2.75) is 58.1 Å². The predicted octanol–water partition coefficient (Wildman–Crippen LogP) is 3.63. The van der Waals surface area contributed by atoms with Gasteiger partial charge in [0.25, 0.3) is 0 Å². The molecule has 1 aromatic carbocycles. The molecule has 5 nitrogen and oxygen atoms in total. The number of nitrogens with zero attached hydrogens (tertiary/aromatic N) is 1. The molecule has 23 heavy (non-hydrogen) atoms. The van der Waals surface area contributed by atoms with Gasteiger partial charge in [0.05, 0.1) is 5.69 Å². The van der Waals surface area contributed by atoms with Gasteiger partial charge in [0.1, 0.15) is 11.4 Å². The minimum absolute atomic E-state index is 0.0876. The van der Waals surface area contributed by atoms with Crippen molar-refractivity contribution >= 4 is 11.7 Å². The van der Waals surface area contributed by atoms with Gasteiger partial charge in [-0.3, -0.25) is 0 Å². The van der Waals surface area contributed by atoms with Gasteiger partial charge in [-0.1, -0.05) is 12.1 Å². The molecule has 1 aromatic rings. The molecule has 1 aliphatic rings. The topological polar surface area (TPSA) is 61.8 Å². The molecule has 1 aliphatic carbocycles. The average Bonchev–Trinajstić information content (AvgIpc) is 3.28. The lowest BCUT2D eigenvalue weighted by molar-refractivity contribution is 0.131. The fourth-order valence-electron chi connectivity index (χ4n) is 2.41. The maximum atomic E-state index is 12.6. The molecule has 1 saturated carbocycles. The van der Waals surface area contributed by atoms with E-state index in [4.69, 9.17) is 9.84 Å². The summed E-state index contributed by atoms with van der Waals surface area (Å²) in [7, 11) is 0. The van der Waals surface area contributed by atoms with E-state index in [9.17, 15) is 4.79 Å². The quantitative estimate of drug-likeness (QED) is 0.754. The second-order valence-corrected chi connectivity index (χ2v) is 7.00. The molecule has 2 amide bonds. The number of hydrogen-bond acceptors (Lipinski definition) is 3. The Bertz CT molecular complexity index is 521. The van der Waals surface area contributed by atoms with Gasteiger partial charge in [0, 0.05) is 19.2 Å². The van der Waals surface area contributed by atoms with Crippen LogP contribution in [0.25, 0.3) is 0 Å². The summed E-state index contributed by atoms with van der Waals surface area (Å²) in [5.41, 5.74) is 0.373. The predicted molar refractivity (Wildman–Crippen MR) is 91.9 cm³/mol. The molecule has 0 atom stereocenters. The van der Waals surface area contributed by atoms with E-state index < -0.39 is 0 Å². The Morgan fingerprint density at radius 3 is 2.61 bits per heavy atom. The monoisotopic (exact) mass is 320 g/mol. The van der Waals surface area contributed by atoms with E-state index in [-0.39, 0.29) is 18.2 Å². The molecule has 128 valence electrons. The number of rotatable bonds is 7. The zero-order chi connectivity index (χ0) is 16.9. The number of para-hydroxylation sites is 2. The smallest absolute Gasteiger partial charge is 0.322 e. The lowest BCUT2D eigenvalue weighted by atomic mass is 10.2. The number of amides is 2. The molecule has 0 spiro atoms. The number of anilines is 1. The van der Waals surface area contributed by atoms with Crippen molar-refractivity contribution in [1.29, 1.82) is 0 Å². The Kier molecular flexibility index (Phi) is 5.88. The first-order valence-corrected chi connectivity index (χ1v) is 8.37. The van der Waals surface area contributed by atoms with E-state index in [0.29, 0.717) is 24.0 Å². The van der Waals surface area contributed by atoms with Crippen molar-refractivity contribution in [3.05, 3.63) is 24.3 Å². The summed E-state index contributed by atoms with van der Waals surface area (Å²) in [4.78, 5) is 14.5. The number of aliphatic hydroxyl groups excluding tert-OH is 1. The summed E-state index contributed by atoms with van der Waals surface area (Å²) in [6, 6.07) is 7.76. The van der Waals surface area contributed by atoms with E-state index in [1.807, 2.05) is 49.9 Å². The first kappa shape index (κ1) is 17.6. The lowest BCUT2D eigenvalue weighted by Gasteiger charge is -2.26. The van der Waals surface area contributed by atoms with E-state index >= 15 is 0 Å². The number of hydrogen-bond donors (Lipinski definition) is 2. The van der Waals surface area contributed by atoms with Crippen molar-refractivity contribution < 1.29 is 14.6 Å². The molecule has 0 heterocycles. The van der Waals surface area contributed by atoms with Crippen molar-refractivity contribution in [2.75, 3.05) is 18.5 Å². The third kappa shape index (κ3) is 5.75. The van der Waals surface area contributed by atoms with Crippen LogP contribution in [0.15, 0.2) is 24.3 Å². The van der Waals surface area contributed by atoms with Gasteiger partial charge in [-0.2, -0.15) is 0 Å². The maximum Gasteiger partial charge on any atom is 0.322 e. The van der Waals surface area contributed by atoms with E-state index in [0.717, 1.165) is 25.7 Å². The molecule has 0 saturated heterocycles. The molecule has 0 radical (unpaired) electrons. The van der Waals surface area contributed by atoms with Crippen LogP contribution in [-0.4, -0.2) is 40.8 Å². The van der Waals surface area contributed by atoms with Crippen LogP contribution in [0, 0.1) is 0 Å². The third-order valence-corrected chi connectivity index (χ3v) is 3.60. The molecular formula is C18H28N2O3. The largest absolute Gasteiger partial charge is 0.486 e. The van der Waals surface area contributed by atoms with Crippen molar-refractivity contribution in [3.63, 3.8) is 0 Å². The molecule has 5 heteroatoms. The fraction of sp³-hybridized carbons (Fsp3) is 0.611. The first-order valence-electron chi connectivity index (χ1n) is 8.37. The molecule has 0 aliphatic heterocycles. The summed E-state index contributed by atoms with van der Waals surface area (Å²) >= 11 is 0. The van der Waals surface area contributed by atoms with Crippen molar-refractivity contribution in [2.24, 2.45) is 0 Å². The maximum absolute atomic E-state index is 12.6. The number of carbonyl (C=O) groups excluding carboxylic acids is 1. The number of ether oxygens (including phenoxy) is 1. The fourth-order valence-corrected chi connectivity index (χ4v) is 2.41. The van der Waals surface area contributed by atoms with Gasteiger partial charge in [-0.05, 0) is 58.6 Å². The van der Waals surface area contributed by atoms with E-state index in [1.54, 1.807) is 0 Å². The number of carbonyl (C=O) groups is 1. The summed E-state index contributed by atoms with van der Waals surface area (Å²) in [5, 5.41) is 11.9. The van der Waals surface area contributed by atoms with Crippen molar-refractivity contribution in [3.8, 4) is 5.75 Å². The van der Waals surface area contributed by atoms with Gasteiger partial charge < -0.3 is 20.1 Å². The summed E-state index contributed by atoms with van der Waals surface area (Å²) in [5.74, 6) is 0.680. The Balaban J connectivity index is 2.03. The number of unbranched alkanes of at least 4 members (excludes halogenated alkanes) is 1. The Morgan fingerprint density at radius 2 is 2.00 bits per heavy atom. The van der Waals surface area contributed by atoms with Crippen molar-refractivity contribution in [1.82, 2.24) is 4.90 Å². The molecule has 2 rings (SSSR count). The number of nitrogens with one attached hydrogen (secondary N) is 1. The number of urea groups is 1. The van der Waals surface area contributed by atoms with Crippen LogP contribution in [0.2, 0.25) is 0 Å². The highest BCUT2D eigenvalue weighted by molar-refractivity contribution is 5.91. The minimum Gasteiger partial charge on any atom is -0.486 e. The van der Waals surface area contributed by atoms with Gasteiger partial charge >= 0.3 is 6.03 Å². The van der Waals surface area contributed by atoms with Crippen LogP contribution in [0.4, 0.5) is 10.5 Å². The lowest BCUT2D eigenvalue weighted by Crippen LogP contribution is -2.37. The molecule has 0 aromatic heterocycles. The zero-order valence-corrected chi connectivity index (χ0v) is 14.3. The second-order valence-electron chi connectivity index (χ2n) is 7.00. The van der Waals surface area contributed by atoms with Crippen LogP contribution in [0.1, 0.15) is 46.5 Å². The van der Waals surface area contributed by atoms with Crippen LogP contribution < -0.4 is 10.1 Å². The molecule has 0 unspecified atom stereocenters. The molecule has 2 N–H and O–H groups in total. The minimum atomic E-state index is -0.321. The van der Waals surface area contributed by atoms with Crippen LogP contribution >= 0.6 is 0 Å². The normalized spacial score (nSPS) is 14.4. The SMILES string of the molecule is CC(C)(C)Oc1ccccc1NC(=O)N(CCCCO)C1CC1. The highest BCUT2D eigenvalue weighted by Crippen LogP contribution is 2.31. The highest BCUT2D eigenvalue weighted by atomic mass is 16.5. The zero-order valence-electron chi connectivity index (χ0n) is 14.3. The number of benzene rings is 1.